The number of carbonyl (C=O) groups is 2. The molecule has 0 aliphatic heterocycles. The Balaban J connectivity index is 2.89. The zero-order valence-electron chi connectivity index (χ0n) is 10.7. The summed E-state index contributed by atoms with van der Waals surface area (Å²) in [5, 5.41) is 21.1. The van der Waals surface area contributed by atoms with Crippen LogP contribution in [-0.2, 0) is 4.79 Å². The number of carboxylic acid groups (broad SMARTS) is 1. The summed E-state index contributed by atoms with van der Waals surface area (Å²) in [4.78, 5) is 22.5. The van der Waals surface area contributed by atoms with Crippen molar-refractivity contribution in [2.75, 3.05) is 5.32 Å². The van der Waals surface area contributed by atoms with Gasteiger partial charge in [-0.15, -0.1) is 0 Å². The normalized spacial score (nSPS) is 11.1. The predicted molar refractivity (Wildman–Crippen MR) is 67.8 cm³/mol. The first kappa shape index (κ1) is 14.0. The fraction of sp³-hybridized carbons (Fsp3) is 0.385. The Bertz CT molecular complexity index is 474. The van der Waals surface area contributed by atoms with E-state index in [9.17, 15) is 14.7 Å². The number of carboxylic acids is 1. The van der Waals surface area contributed by atoms with Crippen molar-refractivity contribution < 1.29 is 19.8 Å². The van der Waals surface area contributed by atoms with Crippen molar-refractivity contribution in [1.82, 2.24) is 0 Å². The summed E-state index contributed by atoms with van der Waals surface area (Å²) in [7, 11) is 0. The molecule has 3 N–H and O–H groups in total. The molecule has 18 heavy (non-hydrogen) atoms. The Morgan fingerprint density at radius 2 is 1.89 bits per heavy atom. The van der Waals surface area contributed by atoms with E-state index in [1.165, 1.54) is 18.2 Å². The van der Waals surface area contributed by atoms with Crippen LogP contribution in [0.1, 0.15) is 37.6 Å². The molecule has 1 aromatic rings. The zero-order valence-corrected chi connectivity index (χ0v) is 10.7. The highest BCUT2D eigenvalue weighted by atomic mass is 16.4. The monoisotopic (exact) mass is 251 g/mol. The average Bonchev–Trinajstić information content (AvgIpc) is 2.17. The first-order valence-corrected chi connectivity index (χ1v) is 5.56. The number of para-hydroxylation sites is 1. The molecule has 0 saturated heterocycles. The zero-order chi connectivity index (χ0) is 13.9. The van der Waals surface area contributed by atoms with Gasteiger partial charge in [0.25, 0.3) is 0 Å². The number of nitrogens with one attached hydrogen (secondary N) is 1. The van der Waals surface area contributed by atoms with Crippen LogP contribution in [0.3, 0.4) is 0 Å². The summed E-state index contributed by atoms with van der Waals surface area (Å²) < 4.78 is 0. The summed E-state index contributed by atoms with van der Waals surface area (Å²) in [6.07, 6.45) is 0.281. The highest BCUT2D eigenvalue weighted by molar-refractivity contribution is 5.97. The number of aromatic carboxylic acids is 1. The van der Waals surface area contributed by atoms with Gasteiger partial charge in [-0.05, 0) is 17.5 Å². The maximum atomic E-state index is 11.7. The summed E-state index contributed by atoms with van der Waals surface area (Å²) in [5.41, 5.74) is -0.294. The van der Waals surface area contributed by atoms with E-state index < -0.39 is 11.7 Å². The summed E-state index contributed by atoms with van der Waals surface area (Å²) in [6, 6.07) is 4.20. The fourth-order valence-electron chi connectivity index (χ4n) is 1.49. The molecule has 0 aliphatic carbocycles. The van der Waals surface area contributed by atoms with Crippen LogP contribution >= 0.6 is 0 Å². The minimum Gasteiger partial charge on any atom is -0.505 e. The van der Waals surface area contributed by atoms with Crippen molar-refractivity contribution in [1.29, 1.82) is 0 Å². The molecule has 98 valence electrons. The van der Waals surface area contributed by atoms with Crippen molar-refractivity contribution >= 4 is 17.6 Å². The number of carbonyl (C=O) groups excluding carboxylic acids is 1. The van der Waals surface area contributed by atoms with Crippen molar-refractivity contribution in [3.8, 4) is 5.75 Å². The number of hydrogen-bond acceptors (Lipinski definition) is 3. The summed E-state index contributed by atoms with van der Waals surface area (Å²) in [6.45, 7) is 5.75. The second kappa shape index (κ2) is 5.08. The molecule has 0 fully saturated rings. The number of phenols is 1. The smallest absolute Gasteiger partial charge is 0.339 e. The SMILES string of the molecule is CC(C)(C)CC(=O)Nc1cccc(C(=O)O)c1O. The molecule has 0 saturated carbocycles. The second-order valence-electron chi connectivity index (χ2n) is 5.29. The number of anilines is 1. The summed E-state index contributed by atoms with van der Waals surface area (Å²) >= 11 is 0. The van der Waals surface area contributed by atoms with Gasteiger partial charge in [0.15, 0.2) is 5.75 Å². The highest BCUT2D eigenvalue weighted by Gasteiger charge is 2.18. The second-order valence-corrected chi connectivity index (χ2v) is 5.29. The first-order valence-electron chi connectivity index (χ1n) is 5.56. The van der Waals surface area contributed by atoms with Gasteiger partial charge in [-0.25, -0.2) is 4.79 Å². The third-order valence-electron chi connectivity index (χ3n) is 2.23. The molecule has 1 aromatic carbocycles. The van der Waals surface area contributed by atoms with Gasteiger partial charge in [0, 0.05) is 6.42 Å². The Kier molecular flexibility index (Phi) is 3.96. The lowest BCUT2D eigenvalue weighted by molar-refractivity contribution is -0.117. The third-order valence-corrected chi connectivity index (χ3v) is 2.23. The number of rotatable bonds is 3. The molecule has 0 radical (unpaired) electrons. The van der Waals surface area contributed by atoms with Crippen LogP contribution in [0.5, 0.6) is 5.75 Å². The van der Waals surface area contributed by atoms with E-state index in [2.05, 4.69) is 5.32 Å². The van der Waals surface area contributed by atoms with Crippen molar-refractivity contribution in [2.24, 2.45) is 5.41 Å². The van der Waals surface area contributed by atoms with Gasteiger partial charge in [0.05, 0.1) is 5.69 Å². The number of aromatic hydroxyl groups is 1. The summed E-state index contributed by atoms with van der Waals surface area (Å²) in [5.74, 6) is -1.92. The van der Waals surface area contributed by atoms with Crippen LogP contribution in [0.25, 0.3) is 0 Å². The molecule has 0 aromatic heterocycles. The Morgan fingerprint density at radius 3 is 2.39 bits per heavy atom. The van der Waals surface area contributed by atoms with Crippen LogP contribution < -0.4 is 5.32 Å². The Hall–Kier alpha value is -2.04. The van der Waals surface area contributed by atoms with Crippen LogP contribution in [0.4, 0.5) is 5.69 Å². The molecule has 5 nitrogen and oxygen atoms in total. The molecule has 0 aliphatic rings. The van der Waals surface area contributed by atoms with E-state index in [1.807, 2.05) is 20.8 Å². The fourth-order valence-corrected chi connectivity index (χ4v) is 1.49. The van der Waals surface area contributed by atoms with Gasteiger partial charge in [0.2, 0.25) is 5.91 Å². The van der Waals surface area contributed by atoms with Gasteiger partial charge < -0.3 is 15.5 Å². The average molecular weight is 251 g/mol. The van der Waals surface area contributed by atoms with Gasteiger partial charge in [-0.2, -0.15) is 0 Å². The molecule has 5 heteroatoms. The molecule has 0 unspecified atom stereocenters. The van der Waals surface area contributed by atoms with Gasteiger partial charge in [-0.3, -0.25) is 4.79 Å². The molecule has 0 bridgehead atoms. The van der Waals surface area contributed by atoms with Crippen LogP contribution in [-0.4, -0.2) is 22.1 Å². The largest absolute Gasteiger partial charge is 0.505 e. The van der Waals surface area contributed by atoms with Crippen LogP contribution in [0.2, 0.25) is 0 Å². The van der Waals surface area contributed by atoms with Crippen LogP contribution in [0.15, 0.2) is 18.2 Å². The van der Waals surface area contributed by atoms with Gasteiger partial charge >= 0.3 is 5.97 Å². The predicted octanol–water partition coefficient (Wildman–Crippen LogP) is 2.47. The quantitative estimate of drug-likeness (QED) is 0.720. The van der Waals surface area contributed by atoms with Crippen molar-refractivity contribution in [2.45, 2.75) is 27.2 Å². The van der Waals surface area contributed by atoms with E-state index in [1.54, 1.807) is 0 Å². The minimum atomic E-state index is -1.24. The van der Waals surface area contributed by atoms with Crippen LogP contribution in [0, 0.1) is 5.41 Å². The van der Waals surface area contributed by atoms with Crippen molar-refractivity contribution in [3.63, 3.8) is 0 Å². The number of hydrogen-bond donors (Lipinski definition) is 3. The lowest BCUT2D eigenvalue weighted by atomic mass is 9.92. The highest BCUT2D eigenvalue weighted by Crippen LogP contribution is 2.28. The van der Waals surface area contributed by atoms with E-state index in [4.69, 9.17) is 5.11 Å². The maximum Gasteiger partial charge on any atom is 0.339 e. The topological polar surface area (TPSA) is 86.6 Å². The Morgan fingerprint density at radius 1 is 1.28 bits per heavy atom. The molecular formula is C13H17NO4. The lowest BCUT2D eigenvalue weighted by Gasteiger charge is -2.17. The molecule has 0 atom stereocenters. The van der Waals surface area contributed by atoms with Gasteiger partial charge in [0.1, 0.15) is 5.56 Å². The van der Waals surface area contributed by atoms with Gasteiger partial charge in [-0.1, -0.05) is 26.8 Å². The minimum absolute atomic E-state index is 0.115. The van der Waals surface area contributed by atoms with E-state index >= 15 is 0 Å². The van der Waals surface area contributed by atoms with E-state index in [0.717, 1.165) is 0 Å². The third kappa shape index (κ3) is 3.76. The maximum absolute atomic E-state index is 11.7. The molecular weight excluding hydrogens is 234 g/mol. The van der Waals surface area contributed by atoms with Crippen molar-refractivity contribution in [3.05, 3.63) is 23.8 Å². The Labute approximate surface area is 105 Å². The van der Waals surface area contributed by atoms with E-state index in [-0.39, 0.29) is 29.0 Å². The molecule has 0 heterocycles. The first-order chi connectivity index (χ1) is 8.20. The molecule has 1 amide bonds. The molecule has 1 rings (SSSR count). The molecule has 0 spiro atoms. The standard InChI is InChI=1S/C13H17NO4/c1-13(2,3)7-10(15)14-9-6-4-5-8(11(9)16)12(17)18/h4-6,16H,7H2,1-3H3,(H,14,15)(H,17,18). The lowest BCUT2D eigenvalue weighted by Crippen LogP contribution is -2.19. The number of benzene rings is 1. The van der Waals surface area contributed by atoms with E-state index in [0.29, 0.717) is 0 Å². The number of amides is 1.